The molecule has 8 nitrogen and oxygen atoms in total. The quantitative estimate of drug-likeness (QED) is 0.0744. The first kappa shape index (κ1) is 30.6. The molecule has 4 aromatic rings. The van der Waals surface area contributed by atoms with Crippen molar-refractivity contribution in [1.29, 1.82) is 0 Å². The van der Waals surface area contributed by atoms with Gasteiger partial charge in [0.25, 0.3) is 11.7 Å². The van der Waals surface area contributed by atoms with Gasteiger partial charge in [-0.1, -0.05) is 61.7 Å². The lowest BCUT2D eigenvalue weighted by Gasteiger charge is -2.25. The lowest BCUT2D eigenvalue weighted by atomic mass is 9.95. The Morgan fingerprint density at radius 1 is 0.909 bits per heavy atom. The molecule has 0 aliphatic carbocycles. The number of carbonyl (C=O) groups excluding carboxylic acids is 2. The summed E-state index contributed by atoms with van der Waals surface area (Å²) in [6, 6.07) is 21.7. The Balaban J connectivity index is 1.39. The van der Waals surface area contributed by atoms with E-state index in [1.54, 1.807) is 41.7 Å². The van der Waals surface area contributed by atoms with Crippen LogP contribution in [-0.4, -0.2) is 44.4 Å². The number of aryl methyl sites for hydroxylation is 2. The van der Waals surface area contributed by atoms with Crippen LogP contribution < -0.4 is 9.47 Å². The SMILES string of the molecule is CCCCCOc1ccc(C2C(=C(O)c3ccc(OCc4cccc(C)c4)cc3)C(=O)C(=O)N2CCCn2ccnc2)cc1. The molecular weight excluding hydrogens is 554 g/mol. The van der Waals surface area contributed by atoms with E-state index < -0.39 is 17.7 Å². The highest BCUT2D eigenvalue weighted by Crippen LogP contribution is 2.40. The number of imidazole rings is 1. The number of aliphatic hydroxyl groups excluding tert-OH is 1. The van der Waals surface area contributed by atoms with Crippen molar-refractivity contribution in [1.82, 2.24) is 14.5 Å². The molecule has 1 saturated heterocycles. The summed E-state index contributed by atoms with van der Waals surface area (Å²) in [5.74, 6) is -0.178. The predicted octanol–water partition coefficient (Wildman–Crippen LogP) is 6.85. The maximum Gasteiger partial charge on any atom is 0.295 e. The Morgan fingerprint density at radius 2 is 1.66 bits per heavy atom. The van der Waals surface area contributed by atoms with Crippen molar-refractivity contribution in [3.8, 4) is 11.5 Å². The largest absolute Gasteiger partial charge is 0.507 e. The Bertz CT molecular complexity index is 1580. The molecule has 0 radical (unpaired) electrons. The van der Waals surface area contributed by atoms with Crippen molar-refractivity contribution in [2.45, 2.75) is 58.7 Å². The van der Waals surface area contributed by atoms with Crippen LogP contribution in [-0.2, 0) is 22.7 Å². The van der Waals surface area contributed by atoms with Crippen LogP contribution in [0.5, 0.6) is 11.5 Å². The first-order valence-electron chi connectivity index (χ1n) is 15.2. The average Bonchev–Trinajstić information content (AvgIpc) is 3.65. The van der Waals surface area contributed by atoms with Crippen LogP contribution in [0.15, 0.2) is 97.1 Å². The number of likely N-dealkylation sites (tertiary alicyclic amines) is 1. The van der Waals surface area contributed by atoms with Crippen LogP contribution in [0.2, 0.25) is 0 Å². The maximum absolute atomic E-state index is 13.5. The number of aromatic nitrogens is 2. The fraction of sp³-hybridized carbons (Fsp3) is 0.306. The molecule has 5 rings (SSSR count). The van der Waals surface area contributed by atoms with Gasteiger partial charge in [-0.2, -0.15) is 0 Å². The van der Waals surface area contributed by atoms with Crippen LogP contribution >= 0.6 is 0 Å². The highest BCUT2D eigenvalue weighted by molar-refractivity contribution is 6.46. The zero-order valence-corrected chi connectivity index (χ0v) is 25.3. The zero-order valence-electron chi connectivity index (χ0n) is 25.3. The molecule has 0 bridgehead atoms. The molecule has 1 aliphatic rings. The Morgan fingerprint density at radius 3 is 2.36 bits per heavy atom. The van der Waals surface area contributed by atoms with Crippen molar-refractivity contribution >= 4 is 17.4 Å². The van der Waals surface area contributed by atoms with Gasteiger partial charge in [0, 0.05) is 31.0 Å². The van der Waals surface area contributed by atoms with Gasteiger partial charge >= 0.3 is 0 Å². The zero-order chi connectivity index (χ0) is 30.9. The fourth-order valence-corrected chi connectivity index (χ4v) is 5.42. The highest BCUT2D eigenvalue weighted by atomic mass is 16.5. The van der Waals surface area contributed by atoms with Crippen LogP contribution in [0.25, 0.3) is 5.76 Å². The van der Waals surface area contributed by atoms with E-state index in [9.17, 15) is 14.7 Å². The molecule has 1 aromatic heterocycles. The van der Waals surface area contributed by atoms with Crippen LogP contribution in [0.4, 0.5) is 0 Å². The molecule has 1 N–H and O–H groups in total. The average molecular weight is 594 g/mol. The highest BCUT2D eigenvalue weighted by Gasteiger charge is 2.45. The summed E-state index contributed by atoms with van der Waals surface area (Å²) in [7, 11) is 0. The van der Waals surface area contributed by atoms with Gasteiger partial charge in [0.1, 0.15) is 23.9 Å². The number of aliphatic hydroxyl groups is 1. The third kappa shape index (κ3) is 7.37. The van der Waals surface area contributed by atoms with E-state index >= 15 is 0 Å². The van der Waals surface area contributed by atoms with Crippen molar-refractivity contribution in [2.75, 3.05) is 13.2 Å². The van der Waals surface area contributed by atoms with E-state index in [1.165, 1.54) is 0 Å². The third-order valence-electron chi connectivity index (χ3n) is 7.74. The summed E-state index contributed by atoms with van der Waals surface area (Å²) >= 11 is 0. The monoisotopic (exact) mass is 593 g/mol. The smallest absolute Gasteiger partial charge is 0.295 e. The number of ketones is 1. The summed E-state index contributed by atoms with van der Waals surface area (Å²) < 4.78 is 13.7. The van der Waals surface area contributed by atoms with E-state index in [-0.39, 0.29) is 11.3 Å². The number of nitrogens with zero attached hydrogens (tertiary/aromatic N) is 3. The number of amides is 1. The molecule has 8 heteroatoms. The molecule has 2 heterocycles. The molecule has 1 atom stereocenters. The number of rotatable bonds is 14. The van der Waals surface area contributed by atoms with E-state index in [2.05, 4.69) is 18.0 Å². The molecule has 228 valence electrons. The third-order valence-corrected chi connectivity index (χ3v) is 7.74. The molecule has 3 aromatic carbocycles. The van der Waals surface area contributed by atoms with Crippen LogP contribution in [0.3, 0.4) is 0 Å². The Labute approximate surface area is 258 Å². The van der Waals surface area contributed by atoms with Gasteiger partial charge in [-0.05, 0) is 67.3 Å². The van der Waals surface area contributed by atoms with Gasteiger partial charge in [-0.15, -0.1) is 0 Å². The molecule has 44 heavy (non-hydrogen) atoms. The normalized spacial score (nSPS) is 16.0. The maximum atomic E-state index is 13.5. The summed E-state index contributed by atoms with van der Waals surface area (Å²) in [5, 5.41) is 11.5. The number of benzene rings is 3. The second-order valence-corrected chi connectivity index (χ2v) is 11.1. The standard InChI is InChI=1S/C36H39N3O5/c1-3-4-5-22-43-30-14-10-28(11-15-30)33-32(35(41)36(42)39(33)20-7-19-38-21-18-37-25-38)34(40)29-12-16-31(17-13-29)44-24-27-9-6-8-26(2)23-27/h6,8-18,21,23,25,33,40H,3-5,7,19-20,22,24H2,1-2H3. The van der Waals surface area contributed by atoms with Crippen molar-refractivity contribution < 1.29 is 24.2 Å². The predicted molar refractivity (Wildman–Crippen MR) is 169 cm³/mol. The molecule has 0 spiro atoms. The van der Waals surface area contributed by atoms with Gasteiger partial charge in [-0.3, -0.25) is 9.59 Å². The van der Waals surface area contributed by atoms with Gasteiger partial charge in [0.05, 0.1) is 24.5 Å². The van der Waals surface area contributed by atoms with Crippen LogP contribution in [0.1, 0.15) is 60.9 Å². The summed E-state index contributed by atoms with van der Waals surface area (Å²) in [5.41, 5.74) is 3.45. The molecule has 1 fully saturated rings. The van der Waals surface area contributed by atoms with Crippen LogP contribution in [0, 0.1) is 6.92 Å². The summed E-state index contributed by atoms with van der Waals surface area (Å²) in [6.45, 7) is 6.21. The number of unbranched alkanes of at least 4 members (excludes halogenated alkanes) is 2. The number of hydrogen-bond acceptors (Lipinski definition) is 6. The minimum atomic E-state index is -0.732. The van der Waals surface area contributed by atoms with E-state index in [0.29, 0.717) is 44.0 Å². The Hall–Kier alpha value is -4.85. The summed E-state index contributed by atoms with van der Waals surface area (Å²) in [4.78, 5) is 32.4. The topological polar surface area (TPSA) is 93.9 Å². The lowest BCUT2D eigenvalue weighted by molar-refractivity contribution is -0.139. The van der Waals surface area contributed by atoms with Crippen molar-refractivity contribution in [3.05, 3.63) is 119 Å². The molecule has 0 saturated carbocycles. The number of carbonyl (C=O) groups is 2. The van der Waals surface area contributed by atoms with E-state index in [0.717, 1.165) is 41.7 Å². The first-order valence-corrected chi connectivity index (χ1v) is 15.2. The minimum absolute atomic E-state index is 0.0719. The molecular formula is C36H39N3O5. The fourth-order valence-electron chi connectivity index (χ4n) is 5.42. The second kappa shape index (κ2) is 14.6. The van der Waals surface area contributed by atoms with E-state index in [4.69, 9.17) is 9.47 Å². The minimum Gasteiger partial charge on any atom is -0.507 e. The van der Waals surface area contributed by atoms with E-state index in [1.807, 2.05) is 60.2 Å². The van der Waals surface area contributed by atoms with Gasteiger partial charge in [0.15, 0.2) is 0 Å². The number of ether oxygens (including phenoxy) is 2. The molecule has 1 aliphatic heterocycles. The molecule has 1 unspecified atom stereocenters. The number of hydrogen-bond donors (Lipinski definition) is 1. The molecule has 1 amide bonds. The summed E-state index contributed by atoms with van der Waals surface area (Å²) in [6.07, 6.45) is 9.10. The van der Waals surface area contributed by atoms with Gasteiger partial charge in [-0.25, -0.2) is 4.98 Å². The van der Waals surface area contributed by atoms with Crippen molar-refractivity contribution in [2.24, 2.45) is 0 Å². The van der Waals surface area contributed by atoms with Gasteiger partial charge < -0.3 is 24.0 Å². The van der Waals surface area contributed by atoms with Crippen molar-refractivity contribution in [3.63, 3.8) is 0 Å². The second-order valence-electron chi connectivity index (χ2n) is 11.1. The first-order chi connectivity index (χ1) is 21.4. The van der Waals surface area contributed by atoms with Gasteiger partial charge in [0.2, 0.25) is 0 Å². The number of Topliss-reactive ketones (excluding diaryl/α,β-unsaturated/α-hetero) is 1. The Kier molecular flexibility index (Phi) is 10.1. The lowest BCUT2D eigenvalue weighted by Crippen LogP contribution is -2.31.